The van der Waals surface area contributed by atoms with E-state index in [1.807, 2.05) is 61.5 Å². The Bertz CT molecular complexity index is 945. The van der Waals surface area contributed by atoms with Gasteiger partial charge in [-0.15, -0.1) is 0 Å². The van der Waals surface area contributed by atoms with E-state index in [0.717, 1.165) is 11.3 Å². The predicted octanol–water partition coefficient (Wildman–Crippen LogP) is 5.46. The summed E-state index contributed by atoms with van der Waals surface area (Å²) in [6.07, 6.45) is 0. The maximum absolute atomic E-state index is 12.3. The fourth-order valence-electron chi connectivity index (χ4n) is 2.65. The smallest absolute Gasteiger partial charge is 0.323 e. The molecule has 3 aromatic rings. The number of carbonyl (C=O) groups excluding carboxylic acids is 1. The van der Waals surface area contributed by atoms with Crippen molar-refractivity contribution < 1.29 is 19.0 Å². The Labute approximate surface area is 170 Å². The van der Waals surface area contributed by atoms with Crippen LogP contribution in [-0.2, 0) is 4.74 Å². The third-order valence-electron chi connectivity index (χ3n) is 3.99. The van der Waals surface area contributed by atoms with Crippen molar-refractivity contribution in [1.82, 2.24) is 0 Å². The molecule has 0 aliphatic carbocycles. The SMILES string of the molecule is COCCOc1cc(NC(=O)Nc2cccc(C)c2)ccc1Oc1ccccc1. The Hall–Kier alpha value is -3.51. The normalized spacial score (nSPS) is 10.3. The minimum atomic E-state index is -0.338. The molecule has 0 aromatic heterocycles. The number of rotatable bonds is 8. The van der Waals surface area contributed by atoms with Crippen molar-refractivity contribution in [2.75, 3.05) is 31.0 Å². The van der Waals surface area contributed by atoms with Gasteiger partial charge in [0.25, 0.3) is 0 Å². The number of para-hydroxylation sites is 1. The summed E-state index contributed by atoms with van der Waals surface area (Å²) in [6, 6.07) is 21.9. The van der Waals surface area contributed by atoms with E-state index in [1.165, 1.54) is 0 Å². The topological polar surface area (TPSA) is 68.8 Å². The number of urea groups is 1. The third-order valence-corrected chi connectivity index (χ3v) is 3.99. The van der Waals surface area contributed by atoms with Crippen LogP contribution in [0.3, 0.4) is 0 Å². The first-order valence-corrected chi connectivity index (χ1v) is 9.27. The highest BCUT2D eigenvalue weighted by Crippen LogP contribution is 2.34. The van der Waals surface area contributed by atoms with Crippen LogP contribution in [-0.4, -0.2) is 26.4 Å². The maximum Gasteiger partial charge on any atom is 0.323 e. The highest BCUT2D eigenvalue weighted by atomic mass is 16.5. The zero-order chi connectivity index (χ0) is 20.5. The zero-order valence-electron chi connectivity index (χ0n) is 16.5. The zero-order valence-corrected chi connectivity index (χ0v) is 16.5. The second-order valence-corrected chi connectivity index (χ2v) is 6.37. The van der Waals surface area contributed by atoms with E-state index >= 15 is 0 Å². The molecule has 0 atom stereocenters. The van der Waals surface area contributed by atoms with Gasteiger partial charge in [0.15, 0.2) is 11.5 Å². The molecule has 150 valence electrons. The second-order valence-electron chi connectivity index (χ2n) is 6.37. The lowest BCUT2D eigenvalue weighted by Crippen LogP contribution is -2.19. The molecular weight excluding hydrogens is 368 g/mol. The van der Waals surface area contributed by atoms with Crippen molar-refractivity contribution in [3.05, 3.63) is 78.4 Å². The largest absolute Gasteiger partial charge is 0.487 e. The third kappa shape index (κ3) is 6.26. The van der Waals surface area contributed by atoms with Crippen LogP contribution in [0.25, 0.3) is 0 Å². The minimum absolute atomic E-state index is 0.338. The molecule has 0 radical (unpaired) electrons. The molecule has 0 saturated carbocycles. The summed E-state index contributed by atoms with van der Waals surface area (Å²) < 4.78 is 16.7. The van der Waals surface area contributed by atoms with E-state index in [2.05, 4.69) is 10.6 Å². The Morgan fingerprint density at radius 3 is 2.31 bits per heavy atom. The first kappa shape index (κ1) is 20.2. The van der Waals surface area contributed by atoms with E-state index in [-0.39, 0.29) is 6.03 Å². The molecule has 6 nitrogen and oxygen atoms in total. The molecule has 0 unspecified atom stereocenters. The molecule has 2 N–H and O–H groups in total. The Morgan fingerprint density at radius 1 is 0.828 bits per heavy atom. The monoisotopic (exact) mass is 392 g/mol. The number of amides is 2. The molecule has 0 aliphatic rings. The van der Waals surface area contributed by atoms with E-state index in [1.54, 1.807) is 25.3 Å². The lowest BCUT2D eigenvalue weighted by Gasteiger charge is -2.15. The standard InChI is InChI=1S/C23H24N2O4/c1-17-7-6-8-18(15-17)24-23(26)25-19-11-12-21(22(16-19)28-14-13-27-2)29-20-9-4-3-5-10-20/h3-12,15-16H,13-14H2,1-2H3,(H2,24,25,26). The van der Waals surface area contributed by atoms with Crippen molar-refractivity contribution in [1.29, 1.82) is 0 Å². The van der Waals surface area contributed by atoms with Crippen molar-refractivity contribution in [2.24, 2.45) is 0 Å². The highest BCUT2D eigenvalue weighted by Gasteiger charge is 2.10. The maximum atomic E-state index is 12.3. The Kier molecular flexibility index (Phi) is 7.08. The molecule has 0 spiro atoms. The van der Waals surface area contributed by atoms with Crippen LogP contribution in [0.1, 0.15) is 5.56 Å². The number of ether oxygens (including phenoxy) is 3. The van der Waals surface area contributed by atoms with Crippen molar-refractivity contribution >= 4 is 17.4 Å². The quantitative estimate of drug-likeness (QED) is 0.500. The number of benzene rings is 3. The molecule has 0 bridgehead atoms. The van der Waals surface area contributed by atoms with Gasteiger partial charge in [-0.1, -0.05) is 30.3 Å². The van der Waals surface area contributed by atoms with Gasteiger partial charge in [-0.05, 0) is 48.9 Å². The van der Waals surface area contributed by atoms with Gasteiger partial charge in [0.2, 0.25) is 0 Å². The molecule has 0 heterocycles. The molecule has 2 amide bonds. The number of carbonyl (C=O) groups is 1. The molecule has 29 heavy (non-hydrogen) atoms. The Morgan fingerprint density at radius 2 is 1.59 bits per heavy atom. The molecule has 3 aromatic carbocycles. The number of aryl methyl sites for hydroxylation is 1. The average Bonchev–Trinajstić information content (AvgIpc) is 2.71. The summed E-state index contributed by atoms with van der Waals surface area (Å²) in [5, 5.41) is 5.63. The fourth-order valence-corrected chi connectivity index (χ4v) is 2.65. The van der Waals surface area contributed by atoms with E-state index in [9.17, 15) is 4.79 Å². The van der Waals surface area contributed by atoms with Gasteiger partial charge in [-0.3, -0.25) is 0 Å². The number of anilines is 2. The number of hydrogen-bond acceptors (Lipinski definition) is 4. The van der Waals surface area contributed by atoms with E-state index < -0.39 is 0 Å². The van der Waals surface area contributed by atoms with Gasteiger partial charge in [0, 0.05) is 24.6 Å². The molecule has 6 heteroatoms. The predicted molar refractivity (Wildman–Crippen MR) is 114 cm³/mol. The minimum Gasteiger partial charge on any atom is -0.487 e. The fraction of sp³-hybridized carbons (Fsp3) is 0.174. The van der Waals surface area contributed by atoms with Crippen LogP contribution in [0.2, 0.25) is 0 Å². The van der Waals surface area contributed by atoms with E-state index in [0.29, 0.717) is 36.1 Å². The summed E-state index contributed by atoms with van der Waals surface area (Å²) in [7, 11) is 1.61. The van der Waals surface area contributed by atoms with Crippen LogP contribution in [0.15, 0.2) is 72.8 Å². The lowest BCUT2D eigenvalue weighted by molar-refractivity contribution is 0.144. The summed E-state index contributed by atoms with van der Waals surface area (Å²) in [4.78, 5) is 12.3. The molecule has 0 aliphatic heterocycles. The number of hydrogen-bond donors (Lipinski definition) is 2. The van der Waals surface area contributed by atoms with Crippen molar-refractivity contribution in [3.63, 3.8) is 0 Å². The average molecular weight is 392 g/mol. The summed E-state index contributed by atoms with van der Waals surface area (Å²) in [6.45, 7) is 2.77. The summed E-state index contributed by atoms with van der Waals surface area (Å²) in [5.74, 6) is 1.76. The van der Waals surface area contributed by atoms with Crippen LogP contribution in [0, 0.1) is 6.92 Å². The first-order chi connectivity index (χ1) is 14.1. The van der Waals surface area contributed by atoms with E-state index in [4.69, 9.17) is 14.2 Å². The van der Waals surface area contributed by atoms with Crippen molar-refractivity contribution in [3.8, 4) is 17.2 Å². The van der Waals surface area contributed by atoms with Gasteiger partial charge in [0.05, 0.1) is 6.61 Å². The van der Waals surface area contributed by atoms with Crippen LogP contribution < -0.4 is 20.1 Å². The first-order valence-electron chi connectivity index (χ1n) is 9.27. The van der Waals surface area contributed by atoms with Gasteiger partial charge >= 0.3 is 6.03 Å². The van der Waals surface area contributed by atoms with Gasteiger partial charge in [-0.25, -0.2) is 4.79 Å². The summed E-state index contributed by atoms with van der Waals surface area (Å²) in [5.41, 5.74) is 2.38. The van der Waals surface area contributed by atoms with Gasteiger partial charge in [-0.2, -0.15) is 0 Å². The van der Waals surface area contributed by atoms with Crippen LogP contribution >= 0.6 is 0 Å². The summed E-state index contributed by atoms with van der Waals surface area (Å²) >= 11 is 0. The van der Waals surface area contributed by atoms with Crippen LogP contribution in [0.4, 0.5) is 16.2 Å². The highest BCUT2D eigenvalue weighted by molar-refractivity contribution is 6.00. The van der Waals surface area contributed by atoms with Crippen molar-refractivity contribution in [2.45, 2.75) is 6.92 Å². The van der Waals surface area contributed by atoms with Gasteiger partial charge in [0.1, 0.15) is 12.4 Å². The van der Waals surface area contributed by atoms with Gasteiger partial charge < -0.3 is 24.8 Å². The van der Waals surface area contributed by atoms with Crippen LogP contribution in [0.5, 0.6) is 17.2 Å². The molecule has 0 saturated heterocycles. The molecule has 0 fully saturated rings. The molecular formula is C23H24N2O4. The Balaban J connectivity index is 1.72. The number of nitrogens with one attached hydrogen (secondary N) is 2. The lowest BCUT2D eigenvalue weighted by atomic mass is 10.2. The molecule has 3 rings (SSSR count). The number of methoxy groups -OCH3 is 1. The second kappa shape index (κ2) is 10.1.